The molecule has 26 heavy (non-hydrogen) atoms. The molecule has 1 aliphatic carbocycles. The van der Waals surface area contributed by atoms with Crippen molar-refractivity contribution in [2.75, 3.05) is 11.1 Å². The lowest BCUT2D eigenvalue weighted by molar-refractivity contribution is -0.113. The van der Waals surface area contributed by atoms with Crippen molar-refractivity contribution in [1.82, 2.24) is 20.2 Å². The molecular formula is C19H21N5OS. The minimum Gasteiger partial charge on any atom is -0.325 e. The van der Waals surface area contributed by atoms with Crippen LogP contribution in [0.5, 0.6) is 0 Å². The highest BCUT2D eigenvalue weighted by Gasteiger charge is 2.20. The number of thioether (sulfide) groups is 1. The predicted molar refractivity (Wildman–Crippen MR) is 103 cm³/mol. The Balaban J connectivity index is 1.41. The van der Waals surface area contributed by atoms with Crippen LogP contribution in [-0.4, -0.2) is 31.9 Å². The van der Waals surface area contributed by atoms with Crippen LogP contribution >= 0.6 is 11.8 Å². The molecule has 0 radical (unpaired) electrons. The van der Waals surface area contributed by atoms with Gasteiger partial charge < -0.3 is 5.32 Å². The molecule has 0 spiro atoms. The number of carbonyl (C=O) groups excluding carboxylic acids is 1. The van der Waals surface area contributed by atoms with E-state index < -0.39 is 0 Å². The standard InChI is InChI=1S/C19H21N5OS/c25-18(20-17-12-6-8-14-7-4-5-11-16(14)17)13-26-19-21-22-23-24(19)15-9-2-1-3-10-15/h4-8,11-12,15H,1-3,9-10,13H2,(H,20,25). The third kappa shape index (κ3) is 3.72. The number of benzene rings is 2. The molecule has 2 aromatic carbocycles. The first-order valence-electron chi connectivity index (χ1n) is 8.99. The minimum absolute atomic E-state index is 0.0513. The van der Waals surface area contributed by atoms with Gasteiger partial charge in [0.25, 0.3) is 0 Å². The van der Waals surface area contributed by atoms with Gasteiger partial charge in [-0.1, -0.05) is 67.4 Å². The fourth-order valence-electron chi connectivity index (χ4n) is 3.49. The zero-order valence-corrected chi connectivity index (χ0v) is 15.3. The molecular weight excluding hydrogens is 346 g/mol. The van der Waals surface area contributed by atoms with Gasteiger partial charge in [-0.25, -0.2) is 4.68 Å². The first-order chi connectivity index (χ1) is 12.8. The van der Waals surface area contributed by atoms with Gasteiger partial charge in [0, 0.05) is 11.1 Å². The number of nitrogens with zero attached hydrogens (tertiary/aromatic N) is 4. The molecule has 134 valence electrons. The number of tetrazole rings is 1. The van der Waals surface area contributed by atoms with E-state index in [0.717, 1.165) is 34.5 Å². The maximum absolute atomic E-state index is 12.4. The van der Waals surface area contributed by atoms with Crippen LogP contribution in [0.3, 0.4) is 0 Å². The Bertz CT molecular complexity index is 898. The van der Waals surface area contributed by atoms with Crippen molar-refractivity contribution < 1.29 is 4.79 Å². The molecule has 1 aliphatic rings. The molecule has 0 unspecified atom stereocenters. The summed E-state index contributed by atoms with van der Waals surface area (Å²) in [5.74, 6) is 0.237. The summed E-state index contributed by atoms with van der Waals surface area (Å²) in [6, 6.07) is 14.3. The Morgan fingerprint density at radius 1 is 1.12 bits per heavy atom. The van der Waals surface area contributed by atoms with Crippen molar-refractivity contribution >= 4 is 34.1 Å². The normalized spacial score (nSPS) is 15.2. The number of carbonyl (C=O) groups is 1. The Kier molecular flexibility index (Phi) is 5.15. The maximum atomic E-state index is 12.4. The largest absolute Gasteiger partial charge is 0.325 e. The van der Waals surface area contributed by atoms with Gasteiger partial charge in [-0.15, -0.1) is 5.10 Å². The van der Waals surface area contributed by atoms with Crippen molar-refractivity contribution in [3.05, 3.63) is 42.5 Å². The van der Waals surface area contributed by atoms with E-state index in [1.165, 1.54) is 31.0 Å². The van der Waals surface area contributed by atoms with Crippen molar-refractivity contribution in [2.24, 2.45) is 0 Å². The molecule has 1 saturated carbocycles. The number of rotatable bonds is 5. The second-order valence-electron chi connectivity index (χ2n) is 6.56. The summed E-state index contributed by atoms with van der Waals surface area (Å²) in [5, 5.41) is 17.9. The summed E-state index contributed by atoms with van der Waals surface area (Å²) >= 11 is 1.39. The van der Waals surface area contributed by atoms with Crippen LogP contribution in [0.4, 0.5) is 5.69 Å². The number of fused-ring (bicyclic) bond motifs is 1. The molecule has 1 fully saturated rings. The van der Waals surface area contributed by atoms with Crippen LogP contribution in [0, 0.1) is 0 Å². The number of anilines is 1. The summed E-state index contributed by atoms with van der Waals surface area (Å²) in [7, 11) is 0. The molecule has 1 N–H and O–H groups in total. The summed E-state index contributed by atoms with van der Waals surface area (Å²) in [6.07, 6.45) is 5.95. The number of amides is 1. The lowest BCUT2D eigenvalue weighted by Crippen LogP contribution is -2.17. The number of hydrogen-bond acceptors (Lipinski definition) is 5. The highest BCUT2D eigenvalue weighted by Crippen LogP contribution is 2.30. The monoisotopic (exact) mass is 367 g/mol. The number of aromatic nitrogens is 4. The Hall–Kier alpha value is -2.41. The molecule has 3 aromatic rings. The molecule has 6 nitrogen and oxygen atoms in total. The average Bonchev–Trinajstić information content (AvgIpc) is 3.16. The van der Waals surface area contributed by atoms with Crippen LogP contribution in [-0.2, 0) is 4.79 Å². The Morgan fingerprint density at radius 3 is 2.81 bits per heavy atom. The van der Waals surface area contributed by atoms with Gasteiger partial charge in [0.2, 0.25) is 11.1 Å². The van der Waals surface area contributed by atoms with Gasteiger partial charge in [0.1, 0.15) is 0 Å². The third-order valence-electron chi connectivity index (χ3n) is 4.78. The van der Waals surface area contributed by atoms with Gasteiger partial charge >= 0.3 is 0 Å². The van der Waals surface area contributed by atoms with E-state index in [-0.39, 0.29) is 11.7 Å². The Labute approximate surface area is 156 Å². The van der Waals surface area contributed by atoms with Gasteiger partial charge in [0.15, 0.2) is 0 Å². The highest BCUT2D eigenvalue weighted by molar-refractivity contribution is 7.99. The van der Waals surface area contributed by atoms with Gasteiger partial charge in [-0.2, -0.15) is 0 Å². The van der Waals surface area contributed by atoms with Crippen molar-refractivity contribution in [3.8, 4) is 0 Å². The molecule has 4 rings (SSSR count). The van der Waals surface area contributed by atoms with E-state index in [9.17, 15) is 4.79 Å². The molecule has 7 heteroatoms. The highest BCUT2D eigenvalue weighted by atomic mass is 32.2. The van der Waals surface area contributed by atoms with E-state index in [2.05, 4.69) is 20.8 Å². The first-order valence-corrected chi connectivity index (χ1v) is 9.98. The van der Waals surface area contributed by atoms with Crippen molar-refractivity contribution in [3.63, 3.8) is 0 Å². The molecule has 0 atom stereocenters. The van der Waals surface area contributed by atoms with E-state index in [1.54, 1.807) is 0 Å². The lowest BCUT2D eigenvalue weighted by atomic mass is 9.96. The van der Waals surface area contributed by atoms with Crippen LogP contribution in [0.1, 0.15) is 38.1 Å². The quantitative estimate of drug-likeness (QED) is 0.689. The fraction of sp³-hybridized carbons (Fsp3) is 0.368. The minimum atomic E-state index is -0.0513. The second kappa shape index (κ2) is 7.86. The zero-order chi connectivity index (χ0) is 17.8. The summed E-state index contributed by atoms with van der Waals surface area (Å²) < 4.78 is 1.90. The second-order valence-corrected chi connectivity index (χ2v) is 7.50. The topological polar surface area (TPSA) is 72.7 Å². The lowest BCUT2D eigenvalue weighted by Gasteiger charge is -2.21. The van der Waals surface area contributed by atoms with E-state index in [0.29, 0.717) is 6.04 Å². The van der Waals surface area contributed by atoms with E-state index in [4.69, 9.17) is 0 Å². The fourth-order valence-corrected chi connectivity index (χ4v) is 4.23. The first kappa shape index (κ1) is 17.0. The van der Waals surface area contributed by atoms with Gasteiger partial charge in [-0.05, 0) is 34.7 Å². The van der Waals surface area contributed by atoms with Crippen molar-refractivity contribution in [1.29, 1.82) is 0 Å². The molecule has 1 heterocycles. The molecule has 1 aromatic heterocycles. The summed E-state index contributed by atoms with van der Waals surface area (Å²) in [4.78, 5) is 12.4. The van der Waals surface area contributed by atoms with Crippen LogP contribution in [0.15, 0.2) is 47.6 Å². The smallest absolute Gasteiger partial charge is 0.234 e. The number of hydrogen-bond donors (Lipinski definition) is 1. The van der Waals surface area contributed by atoms with Crippen LogP contribution < -0.4 is 5.32 Å². The zero-order valence-electron chi connectivity index (χ0n) is 14.5. The van der Waals surface area contributed by atoms with Crippen LogP contribution in [0.2, 0.25) is 0 Å². The third-order valence-corrected chi connectivity index (χ3v) is 5.71. The summed E-state index contributed by atoms with van der Waals surface area (Å²) in [6.45, 7) is 0. The predicted octanol–water partition coefficient (Wildman–Crippen LogP) is 4.06. The average molecular weight is 367 g/mol. The maximum Gasteiger partial charge on any atom is 0.234 e. The Morgan fingerprint density at radius 2 is 1.92 bits per heavy atom. The van der Waals surface area contributed by atoms with Crippen molar-refractivity contribution in [2.45, 2.75) is 43.3 Å². The molecule has 0 saturated heterocycles. The molecule has 1 amide bonds. The SMILES string of the molecule is O=C(CSc1nnnn1C1CCCCC1)Nc1cccc2ccccc12. The van der Waals surface area contributed by atoms with Crippen LogP contribution in [0.25, 0.3) is 10.8 Å². The summed E-state index contributed by atoms with van der Waals surface area (Å²) in [5.41, 5.74) is 0.834. The van der Waals surface area contributed by atoms with Gasteiger partial charge in [-0.3, -0.25) is 4.79 Å². The van der Waals surface area contributed by atoms with Gasteiger partial charge in [0.05, 0.1) is 11.8 Å². The molecule has 0 bridgehead atoms. The van der Waals surface area contributed by atoms with E-state index >= 15 is 0 Å². The van der Waals surface area contributed by atoms with E-state index in [1.807, 2.05) is 47.1 Å². The number of nitrogens with one attached hydrogen (secondary N) is 1. The molecule has 0 aliphatic heterocycles.